The largest absolute Gasteiger partial charge is 0.354 e. The molecule has 1 aromatic carbocycles. The van der Waals surface area contributed by atoms with Gasteiger partial charge in [0.15, 0.2) is 0 Å². The van der Waals surface area contributed by atoms with Crippen molar-refractivity contribution in [2.24, 2.45) is 0 Å². The molecular weight excluding hydrogens is 322 g/mol. The molecule has 0 atom stereocenters. The molecule has 0 saturated heterocycles. The van der Waals surface area contributed by atoms with Crippen LogP contribution in [0.3, 0.4) is 0 Å². The van der Waals surface area contributed by atoms with Crippen molar-refractivity contribution in [2.75, 3.05) is 5.32 Å². The number of carbonyl (C=O) groups is 1. The van der Waals surface area contributed by atoms with Crippen molar-refractivity contribution in [3.05, 3.63) is 52.8 Å². The molecule has 0 aliphatic heterocycles. The summed E-state index contributed by atoms with van der Waals surface area (Å²) >= 11 is 6.05. The molecule has 1 saturated carbocycles. The summed E-state index contributed by atoms with van der Waals surface area (Å²) in [5.41, 5.74) is 3.34. The molecule has 1 aromatic heterocycles. The number of aryl methyl sites for hydroxylation is 1. The molecule has 126 valence electrons. The number of amides is 1. The number of nitrogens with zero attached hydrogens (tertiary/aromatic N) is 1. The Bertz CT molecular complexity index is 726. The number of aromatic nitrogens is 1. The first-order valence-electron chi connectivity index (χ1n) is 8.41. The van der Waals surface area contributed by atoms with Gasteiger partial charge in [0.1, 0.15) is 0 Å². The zero-order chi connectivity index (χ0) is 16.9. The van der Waals surface area contributed by atoms with Crippen LogP contribution in [0.1, 0.15) is 48.0 Å². The van der Waals surface area contributed by atoms with Crippen molar-refractivity contribution in [2.45, 2.75) is 45.1 Å². The van der Waals surface area contributed by atoms with E-state index < -0.39 is 0 Å². The van der Waals surface area contributed by atoms with E-state index in [4.69, 9.17) is 11.6 Å². The van der Waals surface area contributed by atoms with E-state index in [1.165, 1.54) is 19.3 Å². The van der Waals surface area contributed by atoms with Crippen LogP contribution in [-0.2, 0) is 0 Å². The summed E-state index contributed by atoms with van der Waals surface area (Å²) < 4.78 is 0. The van der Waals surface area contributed by atoms with Gasteiger partial charge in [0.05, 0.1) is 17.4 Å². The van der Waals surface area contributed by atoms with Crippen LogP contribution in [0.2, 0.25) is 5.02 Å². The maximum atomic E-state index is 12.4. The third-order valence-corrected chi connectivity index (χ3v) is 4.65. The molecule has 2 N–H and O–H groups in total. The molecule has 1 aliphatic carbocycles. The topological polar surface area (TPSA) is 54.0 Å². The van der Waals surface area contributed by atoms with E-state index in [1.54, 1.807) is 12.4 Å². The Morgan fingerprint density at radius 2 is 1.96 bits per heavy atom. The lowest BCUT2D eigenvalue weighted by Gasteiger charge is -2.22. The summed E-state index contributed by atoms with van der Waals surface area (Å²) in [6, 6.07) is 7.79. The summed E-state index contributed by atoms with van der Waals surface area (Å²) in [7, 11) is 0. The Morgan fingerprint density at radius 1 is 1.17 bits per heavy atom. The zero-order valence-electron chi connectivity index (χ0n) is 13.8. The fraction of sp³-hybridized carbons (Fsp3) is 0.368. The van der Waals surface area contributed by atoms with E-state index in [-0.39, 0.29) is 11.9 Å². The number of hydrogen-bond donors (Lipinski definition) is 2. The van der Waals surface area contributed by atoms with Crippen molar-refractivity contribution < 1.29 is 4.79 Å². The second-order valence-corrected chi connectivity index (χ2v) is 6.79. The maximum Gasteiger partial charge on any atom is 0.253 e. The van der Waals surface area contributed by atoms with Gasteiger partial charge in [0.25, 0.3) is 5.91 Å². The highest BCUT2D eigenvalue weighted by atomic mass is 35.5. The SMILES string of the molecule is Cc1ccc(Cl)cc1Nc1cncc(C(=O)NC2CCCCC2)c1. The number of pyridine rings is 1. The van der Waals surface area contributed by atoms with Crippen molar-refractivity contribution in [1.29, 1.82) is 0 Å². The number of anilines is 2. The normalized spacial score (nSPS) is 15.1. The summed E-state index contributed by atoms with van der Waals surface area (Å²) in [6.07, 6.45) is 9.10. The lowest BCUT2D eigenvalue weighted by molar-refractivity contribution is 0.0927. The number of rotatable bonds is 4. The Hall–Kier alpha value is -2.07. The van der Waals surface area contributed by atoms with Gasteiger partial charge in [0.2, 0.25) is 0 Å². The van der Waals surface area contributed by atoms with Gasteiger partial charge in [0, 0.05) is 22.9 Å². The van der Waals surface area contributed by atoms with Crippen molar-refractivity contribution in [3.63, 3.8) is 0 Å². The highest BCUT2D eigenvalue weighted by molar-refractivity contribution is 6.30. The number of nitrogens with one attached hydrogen (secondary N) is 2. The average molecular weight is 344 g/mol. The molecule has 0 radical (unpaired) electrons. The highest BCUT2D eigenvalue weighted by Gasteiger charge is 2.17. The van der Waals surface area contributed by atoms with Crippen molar-refractivity contribution >= 4 is 28.9 Å². The van der Waals surface area contributed by atoms with Crippen LogP contribution in [0, 0.1) is 6.92 Å². The van der Waals surface area contributed by atoms with Crippen LogP contribution in [-0.4, -0.2) is 16.9 Å². The highest BCUT2D eigenvalue weighted by Crippen LogP contribution is 2.24. The lowest BCUT2D eigenvalue weighted by atomic mass is 9.95. The van der Waals surface area contributed by atoms with Crippen LogP contribution in [0.25, 0.3) is 0 Å². The smallest absolute Gasteiger partial charge is 0.253 e. The summed E-state index contributed by atoms with van der Waals surface area (Å²) in [4.78, 5) is 16.6. The molecule has 0 spiro atoms. The molecule has 5 heteroatoms. The zero-order valence-corrected chi connectivity index (χ0v) is 14.6. The summed E-state index contributed by atoms with van der Waals surface area (Å²) in [5.74, 6) is -0.0548. The molecule has 1 heterocycles. The first-order chi connectivity index (χ1) is 11.6. The van der Waals surface area contributed by atoms with Crippen LogP contribution in [0.15, 0.2) is 36.7 Å². The van der Waals surface area contributed by atoms with Gasteiger partial charge < -0.3 is 10.6 Å². The minimum atomic E-state index is -0.0548. The third kappa shape index (κ3) is 4.26. The first kappa shape index (κ1) is 16.8. The third-order valence-electron chi connectivity index (χ3n) is 4.42. The van der Waals surface area contributed by atoms with E-state index >= 15 is 0 Å². The molecule has 0 unspecified atom stereocenters. The molecular formula is C19H22ClN3O. The molecule has 1 aliphatic rings. The second-order valence-electron chi connectivity index (χ2n) is 6.35. The predicted molar refractivity (Wildman–Crippen MR) is 98.0 cm³/mol. The van der Waals surface area contributed by atoms with Gasteiger partial charge in [-0.15, -0.1) is 0 Å². The molecule has 0 bridgehead atoms. The van der Waals surface area contributed by atoms with Crippen molar-refractivity contribution in [1.82, 2.24) is 10.3 Å². The lowest BCUT2D eigenvalue weighted by Crippen LogP contribution is -2.36. The molecule has 4 nitrogen and oxygen atoms in total. The van der Waals surface area contributed by atoms with Gasteiger partial charge in [-0.25, -0.2) is 0 Å². The van der Waals surface area contributed by atoms with Gasteiger partial charge in [-0.1, -0.05) is 36.9 Å². The van der Waals surface area contributed by atoms with Gasteiger partial charge in [-0.2, -0.15) is 0 Å². The number of carbonyl (C=O) groups excluding carboxylic acids is 1. The minimum Gasteiger partial charge on any atom is -0.354 e. The Balaban J connectivity index is 1.71. The summed E-state index contributed by atoms with van der Waals surface area (Å²) in [5, 5.41) is 7.07. The Morgan fingerprint density at radius 3 is 2.75 bits per heavy atom. The number of halogens is 1. The maximum absolute atomic E-state index is 12.4. The predicted octanol–water partition coefficient (Wildman–Crippen LogP) is 4.85. The average Bonchev–Trinajstić information content (AvgIpc) is 2.59. The van der Waals surface area contributed by atoms with Crippen LogP contribution >= 0.6 is 11.6 Å². The Kier molecular flexibility index (Phi) is 5.36. The van der Waals surface area contributed by atoms with Gasteiger partial charge in [-0.05, 0) is 43.5 Å². The quantitative estimate of drug-likeness (QED) is 0.834. The minimum absolute atomic E-state index is 0.0548. The van der Waals surface area contributed by atoms with E-state index in [1.807, 2.05) is 31.2 Å². The molecule has 3 rings (SSSR count). The van der Waals surface area contributed by atoms with Crippen LogP contribution in [0.5, 0.6) is 0 Å². The standard InChI is InChI=1S/C19H22ClN3O/c1-13-7-8-15(20)10-18(13)22-17-9-14(11-21-12-17)19(24)23-16-5-3-2-4-6-16/h7-12,16,22H,2-6H2,1H3,(H,23,24). The van der Waals surface area contributed by atoms with Crippen LogP contribution in [0.4, 0.5) is 11.4 Å². The van der Waals surface area contributed by atoms with Crippen LogP contribution < -0.4 is 10.6 Å². The summed E-state index contributed by atoms with van der Waals surface area (Å²) in [6.45, 7) is 2.01. The number of hydrogen-bond acceptors (Lipinski definition) is 3. The monoisotopic (exact) mass is 343 g/mol. The molecule has 1 fully saturated rings. The van der Waals surface area contributed by atoms with Crippen molar-refractivity contribution in [3.8, 4) is 0 Å². The van der Waals surface area contributed by atoms with Gasteiger partial charge >= 0.3 is 0 Å². The van der Waals surface area contributed by atoms with E-state index in [0.717, 1.165) is 29.8 Å². The fourth-order valence-corrected chi connectivity index (χ4v) is 3.20. The van der Waals surface area contributed by atoms with E-state index in [2.05, 4.69) is 15.6 Å². The Labute approximate surface area is 147 Å². The number of benzene rings is 1. The molecule has 1 amide bonds. The van der Waals surface area contributed by atoms with Gasteiger partial charge in [-0.3, -0.25) is 9.78 Å². The molecule has 2 aromatic rings. The second kappa shape index (κ2) is 7.67. The fourth-order valence-electron chi connectivity index (χ4n) is 3.03. The van der Waals surface area contributed by atoms with E-state index in [0.29, 0.717) is 10.6 Å². The van der Waals surface area contributed by atoms with E-state index in [9.17, 15) is 4.79 Å². The molecule has 24 heavy (non-hydrogen) atoms. The first-order valence-corrected chi connectivity index (χ1v) is 8.79.